The fourth-order valence-corrected chi connectivity index (χ4v) is 2.87. The minimum Gasteiger partial charge on any atom is -0.493 e. The van der Waals surface area contributed by atoms with Crippen molar-refractivity contribution in [2.45, 2.75) is 6.92 Å². The Hall–Kier alpha value is -3.17. The molecule has 0 saturated carbocycles. The van der Waals surface area contributed by atoms with Gasteiger partial charge < -0.3 is 18.6 Å². The minimum atomic E-state index is -0.404. The van der Waals surface area contributed by atoms with E-state index in [-0.39, 0.29) is 23.5 Å². The van der Waals surface area contributed by atoms with E-state index in [0.29, 0.717) is 27.7 Å². The molecular weight excluding hydrogens is 370 g/mol. The minimum absolute atomic E-state index is 0.0591. The van der Waals surface area contributed by atoms with Crippen molar-refractivity contribution in [2.24, 2.45) is 0 Å². The van der Waals surface area contributed by atoms with Crippen LogP contribution in [-0.2, 0) is 0 Å². The average Bonchev–Trinajstić information content (AvgIpc) is 2.68. The van der Waals surface area contributed by atoms with E-state index in [9.17, 15) is 4.79 Å². The molecule has 2 aromatic carbocycles. The number of rotatable bonds is 5. The molecule has 0 aliphatic carbocycles. The molecule has 27 heavy (non-hydrogen) atoms. The number of methoxy groups -OCH3 is 2. The molecule has 0 radical (unpaired) electrons. The number of hydrogen-bond donors (Lipinski definition) is 0. The summed E-state index contributed by atoms with van der Waals surface area (Å²) in [7, 11) is 3.04. The molecule has 0 spiro atoms. The number of aryl methyl sites for hydroxylation is 1. The van der Waals surface area contributed by atoms with E-state index in [4.69, 9.17) is 35.5 Å². The fraction of sp³-hybridized carbons (Fsp3) is 0.200. The van der Waals surface area contributed by atoms with Gasteiger partial charge in [-0.05, 0) is 42.8 Å². The van der Waals surface area contributed by atoms with Crippen LogP contribution in [0.15, 0.2) is 39.5 Å². The third kappa shape index (κ3) is 3.42. The molecule has 0 amide bonds. The maximum atomic E-state index is 13.0. The first-order valence-electron chi connectivity index (χ1n) is 7.99. The quantitative estimate of drug-likeness (QED) is 0.649. The Bertz CT molecular complexity index is 1110. The number of hydrogen-bond acceptors (Lipinski definition) is 6. The Labute approximate surface area is 160 Å². The molecule has 1 heterocycles. The van der Waals surface area contributed by atoms with E-state index in [0.717, 1.165) is 5.56 Å². The van der Waals surface area contributed by atoms with Crippen LogP contribution in [0.4, 0.5) is 0 Å². The first kappa shape index (κ1) is 18.6. The predicted octanol–water partition coefficient (Wildman–Crippen LogP) is 4.34. The van der Waals surface area contributed by atoms with Gasteiger partial charge in [0.1, 0.15) is 11.7 Å². The molecule has 3 rings (SSSR count). The Balaban J connectivity index is 2.32. The van der Waals surface area contributed by atoms with Gasteiger partial charge in [-0.25, -0.2) is 0 Å². The summed E-state index contributed by atoms with van der Waals surface area (Å²) >= 11 is 6.14. The van der Waals surface area contributed by atoms with Gasteiger partial charge in [0.25, 0.3) is 0 Å². The highest BCUT2D eigenvalue weighted by Gasteiger charge is 2.20. The van der Waals surface area contributed by atoms with Crippen LogP contribution in [0, 0.1) is 18.3 Å². The SMILES string of the molecule is COc1ccc(-c2oc3cc(C)c(Cl)cc3c(=O)c2OCC#N)cc1OC. The molecule has 0 bridgehead atoms. The third-order valence-corrected chi connectivity index (χ3v) is 4.46. The highest BCUT2D eigenvalue weighted by atomic mass is 35.5. The van der Waals surface area contributed by atoms with Gasteiger partial charge in [-0.15, -0.1) is 0 Å². The average molecular weight is 386 g/mol. The lowest BCUT2D eigenvalue weighted by Crippen LogP contribution is -2.10. The smallest absolute Gasteiger partial charge is 0.235 e. The molecule has 0 N–H and O–H groups in total. The van der Waals surface area contributed by atoms with Crippen molar-refractivity contribution in [2.75, 3.05) is 20.8 Å². The van der Waals surface area contributed by atoms with E-state index in [1.54, 1.807) is 24.3 Å². The largest absolute Gasteiger partial charge is 0.493 e. The predicted molar refractivity (Wildman–Crippen MR) is 102 cm³/mol. The molecule has 0 saturated heterocycles. The first-order valence-corrected chi connectivity index (χ1v) is 8.37. The van der Waals surface area contributed by atoms with Crippen LogP contribution in [0.2, 0.25) is 5.02 Å². The Morgan fingerprint density at radius 3 is 2.56 bits per heavy atom. The Morgan fingerprint density at radius 1 is 1.15 bits per heavy atom. The summed E-state index contributed by atoms with van der Waals surface area (Å²) in [6.45, 7) is 1.52. The van der Waals surface area contributed by atoms with Crippen LogP contribution in [-0.4, -0.2) is 20.8 Å². The zero-order chi connectivity index (χ0) is 19.6. The number of benzene rings is 2. The van der Waals surface area contributed by atoms with Gasteiger partial charge in [0.15, 0.2) is 23.9 Å². The van der Waals surface area contributed by atoms with Crippen molar-refractivity contribution in [3.8, 4) is 34.6 Å². The third-order valence-electron chi connectivity index (χ3n) is 4.06. The van der Waals surface area contributed by atoms with Crippen molar-refractivity contribution in [3.05, 3.63) is 51.1 Å². The Morgan fingerprint density at radius 2 is 1.89 bits per heavy atom. The summed E-state index contributed by atoms with van der Waals surface area (Å²) in [5.41, 5.74) is 1.29. The van der Waals surface area contributed by atoms with Crippen LogP contribution >= 0.6 is 11.6 Å². The number of halogens is 1. The van der Waals surface area contributed by atoms with Gasteiger partial charge in [0.05, 0.1) is 19.6 Å². The molecule has 0 fully saturated rings. The second kappa shape index (κ2) is 7.60. The molecule has 0 atom stereocenters. The lowest BCUT2D eigenvalue weighted by Gasteiger charge is -2.13. The Kier molecular flexibility index (Phi) is 5.24. The monoisotopic (exact) mass is 385 g/mol. The number of nitrogens with zero attached hydrogens (tertiary/aromatic N) is 1. The van der Waals surface area contributed by atoms with Crippen LogP contribution in [0.25, 0.3) is 22.3 Å². The van der Waals surface area contributed by atoms with Crippen molar-refractivity contribution >= 4 is 22.6 Å². The van der Waals surface area contributed by atoms with Crippen molar-refractivity contribution in [3.63, 3.8) is 0 Å². The standard InChI is InChI=1S/C20H16ClNO5/c1-11-8-16-13(10-14(11)21)18(23)20(26-7-6-22)19(27-16)12-4-5-15(24-2)17(9-12)25-3/h4-5,8-10H,7H2,1-3H3. The van der Waals surface area contributed by atoms with Crippen molar-refractivity contribution in [1.82, 2.24) is 0 Å². The highest BCUT2D eigenvalue weighted by Crippen LogP contribution is 2.37. The van der Waals surface area contributed by atoms with Gasteiger partial charge in [-0.2, -0.15) is 5.26 Å². The second-order valence-electron chi connectivity index (χ2n) is 5.70. The van der Waals surface area contributed by atoms with Crippen LogP contribution in [0.5, 0.6) is 17.2 Å². The highest BCUT2D eigenvalue weighted by molar-refractivity contribution is 6.32. The lowest BCUT2D eigenvalue weighted by atomic mass is 10.1. The fourth-order valence-electron chi connectivity index (χ4n) is 2.70. The maximum Gasteiger partial charge on any atom is 0.235 e. The summed E-state index contributed by atoms with van der Waals surface area (Å²) in [6.07, 6.45) is 0. The van der Waals surface area contributed by atoms with E-state index in [1.165, 1.54) is 20.3 Å². The molecule has 138 valence electrons. The lowest BCUT2D eigenvalue weighted by molar-refractivity contribution is 0.353. The van der Waals surface area contributed by atoms with E-state index in [1.807, 2.05) is 13.0 Å². The molecule has 7 heteroatoms. The van der Waals surface area contributed by atoms with Crippen molar-refractivity contribution < 1.29 is 18.6 Å². The summed E-state index contributed by atoms with van der Waals surface area (Å²) in [5, 5.41) is 9.58. The van der Waals surface area contributed by atoms with Crippen LogP contribution in [0.1, 0.15) is 5.56 Å². The topological polar surface area (TPSA) is 81.7 Å². The van der Waals surface area contributed by atoms with Gasteiger partial charge in [0, 0.05) is 10.6 Å². The number of ether oxygens (including phenoxy) is 3. The molecule has 1 aromatic heterocycles. The number of fused-ring (bicyclic) bond motifs is 1. The molecule has 3 aromatic rings. The summed E-state index contributed by atoms with van der Waals surface area (Å²) in [5.74, 6) is 1.14. The van der Waals surface area contributed by atoms with E-state index >= 15 is 0 Å². The van der Waals surface area contributed by atoms with Crippen LogP contribution in [0.3, 0.4) is 0 Å². The van der Waals surface area contributed by atoms with Crippen molar-refractivity contribution in [1.29, 1.82) is 5.26 Å². The zero-order valence-electron chi connectivity index (χ0n) is 15.0. The summed E-state index contributed by atoms with van der Waals surface area (Å²) in [4.78, 5) is 13.0. The molecule has 6 nitrogen and oxygen atoms in total. The molecule has 0 unspecified atom stereocenters. The molecule has 0 aliphatic heterocycles. The first-order chi connectivity index (χ1) is 13.0. The van der Waals surface area contributed by atoms with Crippen LogP contribution < -0.4 is 19.6 Å². The van der Waals surface area contributed by atoms with E-state index in [2.05, 4.69) is 0 Å². The zero-order valence-corrected chi connectivity index (χ0v) is 15.7. The van der Waals surface area contributed by atoms with E-state index < -0.39 is 5.43 Å². The van der Waals surface area contributed by atoms with Gasteiger partial charge in [-0.3, -0.25) is 4.79 Å². The number of nitriles is 1. The molecular formula is C20H16ClNO5. The maximum absolute atomic E-state index is 13.0. The van der Waals surface area contributed by atoms with Gasteiger partial charge in [-0.1, -0.05) is 11.6 Å². The summed E-state index contributed by atoms with van der Waals surface area (Å²) < 4.78 is 21.9. The van der Waals surface area contributed by atoms with Gasteiger partial charge in [0.2, 0.25) is 11.2 Å². The molecule has 0 aliphatic rings. The normalized spacial score (nSPS) is 10.5. The second-order valence-corrected chi connectivity index (χ2v) is 6.11. The van der Waals surface area contributed by atoms with Gasteiger partial charge >= 0.3 is 0 Å². The summed E-state index contributed by atoms with van der Waals surface area (Å²) in [6, 6.07) is 10.2.